The SMILES string of the molecule is Nc1ncnc2c(Cl)cncc12. The Morgan fingerprint density at radius 1 is 1.25 bits per heavy atom. The maximum Gasteiger partial charge on any atom is 0.136 e. The van der Waals surface area contributed by atoms with Crippen LogP contribution in [-0.2, 0) is 0 Å². The van der Waals surface area contributed by atoms with E-state index in [1.807, 2.05) is 0 Å². The van der Waals surface area contributed by atoms with Gasteiger partial charge < -0.3 is 5.73 Å². The van der Waals surface area contributed by atoms with Gasteiger partial charge in [0.2, 0.25) is 0 Å². The zero-order chi connectivity index (χ0) is 8.55. The number of pyridine rings is 1. The number of nitrogen functional groups attached to an aromatic ring is 1. The predicted molar refractivity (Wildman–Crippen MR) is 46.8 cm³/mol. The molecule has 0 aliphatic heterocycles. The van der Waals surface area contributed by atoms with E-state index in [4.69, 9.17) is 17.3 Å². The Kier molecular flexibility index (Phi) is 1.55. The van der Waals surface area contributed by atoms with Crippen LogP contribution < -0.4 is 5.73 Å². The summed E-state index contributed by atoms with van der Waals surface area (Å²) in [5.41, 5.74) is 6.21. The first-order chi connectivity index (χ1) is 5.79. The van der Waals surface area contributed by atoms with Gasteiger partial charge in [-0.3, -0.25) is 4.98 Å². The Hall–Kier alpha value is -1.42. The van der Waals surface area contributed by atoms with Crippen molar-refractivity contribution in [1.82, 2.24) is 15.0 Å². The molecule has 0 aliphatic rings. The molecule has 5 heteroatoms. The summed E-state index contributed by atoms with van der Waals surface area (Å²) < 4.78 is 0. The Bertz CT molecular complexity index is 387. The number of hydrogen-bond donors (Lipinski definition) is 1. The summed E-state index contributed by atoms with van der Waals surface area (Å²) in [4.78, 5) is 11.7. The number of rotatable bonds is 0. The highest BCUT2D eigenvalue weighted by Gasteiger charge is 2.02. The highest BCUT2D eigenvalue weighted by molar-refractivity contribution is 6.35. The van der Waals surface area contributed by atoms with Crippen LogP contribution in [0, 0.1) is 0 Å². The van der Waals surface area contributed by atoms with Gasteiger partial charge >= 0.3 is 0 Å². The zero-order valence-electron chi connectivity index (χ0n) is 6.03. The average Bonchev–Trinajstić information content (AvgIpc) is 2.07. The molecule has 0 bridgehead atoms. The van der Waals surface area contributed by atoms with Crippen molar-refractivity contribution in [3.8, 4) is 0 Å². The lowest BCUT2D eigenvalue weighted by atomic mass is 10.3. The number of halogens is 1. The molecule has 0 fully saturated rings. The van der Waals surface area contributed by atoms with Gasteiger partial charge in [-0.05, 0) is 0 Å². The topological polar surface area (TPSA) is 64.7 Å². The molecule has 2 heterocycles. The standard InChI is InChI=1S/C7H5ClN4/c8-5-2-10-1-4-6(5)11-3-12-7(4)9/h1-3H,(H2,9,11,12). The molecule has 2 rings (SSSR count). The van der Waals surface area contributed by atoms with E-state index in [-0.39, 0.29) is 0 Å². The predicted octanol–water partition coefficient (Wildman–Crippen LogP) is 1.26. The lowest BCUT2D eigenvalue weighted by Crippen LogP contribution is -1.93. The molecule has 0 spiro atoms. The van der Waals surface area contributed by atoms with Crippen molar-refractivity contribution >= 4 is 28.3 Å². The minimum absolute atomic E-state index is 0.398. The summed E-state index contributed by atoms with van der Waals surface area (Å²) in [7, 11) is 0. The zero-order valence-corrected chi connectivity index (χ0v) is 6.78. The molecule has 2 N–H and O–H groups in total. The minimum atomic E-state index is 0.398. The fourth-order valence-corrected chi connectivity index (χ4v) is 1.17. The van der Waals surface area contributed by atoms with Crippen LogP contribution in [-0.4, -0.2) is 15.0 Å². The second kappa shape index (κ2) is 2.57. The van der Waals surface area contributed by atoms with Crippen molar-refractivity contribution in [2.75, 3.05) is 5.73 Å². The number of nitrogens with zero attached hydrogens (tertiary/aromatic N) is 3. The number of fused-ring (bicyclic) bond motifs is 1. The first-order valence-electron chi connectivity index (χ1n) is 3.29. The normalized spacial score (nSPS) is 10.4. The summed E-state index contributed by atoms with van der Waals surface area (Å²) in [6.45, 7) is 0. The Balaban J connectivity index is 2.94. The molecule has 0 saturated heterocycles. The lowest BCUT2D eigenvalue weighted by Gasteiger charge is -1.99. The molecule has 0 unspecified atom stereocenters. The van der Waals surface area contributed by atoms with Crippen molar-refractivity contribution < 1.29 is 0 Å². The van der Waals surface area contributed by atoms with E-state index in [2.05, 4.69) is 15.0 Å². The quantitative estimate of drug-likeness (QED) is 0.663. The van der Waals surface area contributed by atoms with Crippen molar-refractivity contribution in [3.05, 3.63) is 23.7 Å². The van der Waals surface area contributed by atoms with Crippen LogP contribution >= 0.6 is 11.6 Å². The minimum Gasteiger partial charge on any atom is -0.383 e. The summed E-state index contributed by atoms with van der Waals surface area (Å²) in [5, 5.41) is 1.17. The van der Waals surface area contributed by atoms with Gasteiger partial charge in [-0.2, -0.15) is 0 Å². The first kappa shape index (κ1) is 7.24. The monoisotopic (exact) mass is 180 g/mol. The number of aromatic nitrogens is 3. The fraction of sp³-hybridized carbons (Fsp3) is 0. The highest BCUT2D eigenvalue weighted by atomic mass is 35.5. The molecule has 0 amide bonds. The van der Waals surface area contributed by atoms with Crippen molar-refractivity contribution in [2.24, 2.45) is 0 Å². The van der Waals surface area contributed by atoms with E-state index in [0.29, 0.717) is 21.7 Å². The third-order valence-electron chi connectivity index (χ3n) is 1.53. The van der Waals surface area contributed by atoms with E-state index in [1.54, 1.807) is 6.20 Å². The van der Waals surface area contributed by atoms with Gasteiger partial charge in [0.15, 0.2) is 0 Å². The van der Waals surface area contributed by atoms with Gasteiger partial charge in [0, 0.05) is 12.4 Å². The largest absolute Gasteiger partial charge is 0.383 e. The molecule has 0 saturated carbocycles. The van der Waals surface area contributed by atoms with Crippen LogP contribution in [0.2, 0.25) is 5.02 Å². The molecule has 2 aromatic rings. The van der Waals surface area contributed by atoms with Crippen molar-refractivity contribution in [2.45, 2.75) is 0 Å². The Morgan fingerprint density at radius 2 is 2.08 bits per heavy atom. The number of nitrogens with two attached hydrogens (primary N) is 1. The van der Waals surface area contributed by atoms with Gasteiger partial charge in [0.05, 0.1) is 15.9 Å². The van der Waals surface area contributed by atoms with E-state index >= 15 is 0 Å². The number of hydrogen-bond acceptors (Lipinski definition) is 4. The molecule has 0 aliphatic carbocycles. The van der Waals surface area contributed by atoms with E-state index in [1.165, 1.54) is 12.5 Å². The summed E-state index contributed by atoms with van der Waals surface area (Å²) in [6, 6.07) is 0. The third-order valence-corrected chi connectivity index (χ3v) is 1.81. The summed E-state index contributed by atoms with van der Waals surface area (Å²) in [5.74, 6) is 0.398. The van der Waals surface area contributed by atoms with E-state index < -0.39 is 0 Å². The van der Waals surface area contributed by atoms with Crippen molar-refractivity contribution in [1.29, 1.82) is 0 Å². The van der Waals surface area contributed by atoms with Gasteiger partial charge in [-0.1, -0.05) is 11.6 Å². The van der Waals surface area contributed by atoms with Crippen LogP contribution in [0.5, 0.6) is 0 Å². The molecule has 60 valence electrons. The summed E-state index contributed by atoms with van der Waals surface area (Å²) >= 11 is 5.82. The molecule has 4 nitrogen and oxygen atoms in total. The van der Waals surface area contributed by atoms with Crippen LogP contribution in [0.4, 0.5) is 5.82 Å². The van der Waals surface area contributed by atoms with Gasteiger partial charge in [-0.15, -0.1) is 0 Å². The molecule has 0 atom stereocenters. The van der Waals surface area contributed by atoms with Crippen molar-refractivity contribution in [3.63, 3.8) is 0 Å². The molecular formula is C7H5ClN4. The molecular weight excluding hydrogens is 176 g/mol. The third kappa shape index (κ3) is 0.967. The summed E-state index contributed by atoms with van der Waals surface area (Å²) in [6.07, 6.45) is 4.50. The van der Waals surface area contributed by atoms with E-state index in [9.17, 15) is 0 Å². The second-order valence-electron chi connectivity index (χ2n) is 2.28. The van der Waals surface area contributed by atoms with Gasteiger partial charge in [0.25, 0.3) is 0 Å². The molecule has 2 aromatic heterocycles. The van der Waals surface area contributed by atoms with Crippen LogP contribution in [0.3, 0.4) is 0 Å². The maximum absolute atomic E-state index is 5.82. The molecule has 0 radical (unpaired) electrons. The first-order valence-corrected chi connectivity index (χ1v) is 3.66. The highest BCUT2D eigenvalue weighted by Crippen LogP contribution is 2.21. The number of anilines is 1. The van der Waals surface area contributed by atoms with Gasteiger partial charge in [0.1, 0.15) is 12.1 Å². The Labute approximate surface area is 73.4 Å². The van der Waals surface area contributed by atoms with Crippen LogP contribution in [0.15, 0.2) is 18.7 Å². The van der Waals surface area contributed by atoms with Crippen LogP contribution in [0.1, 0.15) is 0 Å². The molecule has 12 heavy (non-hydrogen) atoms. The lowest BCUT2D eigenvalue weighted by molar-refractivity contribution is 1.21. The maximum atomic E-state index is 5.82. The van der Waals surface area contributed by atoms with E-state index in [0.717, 1.165) is 0 Å². The Morgan fingerprint density at radius 3 is 2.83 bits per heavy atom. The van der Waals surface area contributed by atoms with Crippen LogP contribution in [0.25, 0.3) is 10.9 Å². The average molecular weight is 181 g/mol. The molecule has 0 aromatic carbocycles. The second-order valence-corrected chi connectivity index (χ2v) is 2.68. The smallest absolute Gasteiger partial charge is 0.136 e. The fourth-order valence-electron chi connectivity index (χ4n) is 0.965. The van der Waals surface area contributed by atoms with Gasteiger partial charge in [-0.25, -0.2) is 9.97 Å².